The summed E-state index contributed by atoms with van der Waals surface area (Å²) in [5, 5.41) is 39.2. The molecule has 0 amide bonds. The van der Waals surface area contributed by atoms with Gasteiger partial charge in [0.15, 0.2) is 5.72 Å². The fourth-order valence-corrected chi connectivity index (χ4v) is 5.49. The molecule has 2 fully saturated rings. The molecular formula is C22H28N6O3S. The molecule has 0 saturated heterocycles. The van der Waals surface area contributed by atoms with Gasteiger partial charge < -0.3 is 26.0 Å². The Morgan fingerprint density at radius 1 is 1.16 bits per heavy atom. The monoisotopic (exact) mass is 456 g/mol. The Morgan fingerprint density at radius 2 is 1.94 bits per heavy atom. The van der Waals surface area contributed by atoms with Gasteiger partial charge in [0.25, 0.3) is 0 Å². The molecular weight excluding hydrogens is 428 g/mol. The highest BCUT2D eigenvalue weighted by atomic mass is 32.1. The maximum absolute atomic E-state index is 11.3. The summed E-state index contributed by atoms with van der Waals surface area (Å²) >= 11 is 1.51. The van der Waals surface area contributed by atoms with Crippen molar-refractivity contribution in [1.82, 2.24) is 19.9 Å². The summed E-state index contributed by atoms with van der Waals surface area (Å²) in [6, 6.07) is 2.29. The third kappa shape index (κ3) is 3.81. The molecule has 0 aromatic carbocycles. The predicted molar refractivity (Wildman–Crippen MR) is 124 cm³/mol. The first-order chi connectivity index (χ1) is 15.2. The maximum Gasteiger partial charge on any atom is 0.225 e. The SMILES string of the molecule is Cc1nc(NC2CC2)nc(NC2(O)CCC(C(C)O)C2O)c1-c1nc2c(C)nccc2s1. The predicted octanol–water partition coefficient (Wildman–Crippen LogP) is 2.59. The summed E-state index contributed by atoms with van der Waals surface area (Å²) in [5.74, 6) is 0.482. The number of hydrogen-bond donors (Lipinski definition) is 5. The van der Waals surface area contributed by atoms with E-state index in [1.807, 2.05) is 19.9 Å². The van der Waals surface area contributed by atoms with Crippen LogP contribution in [0.15, 0.2) is 12.3 Å². The molecule has 0 aliphatic heterocycles. The summed E-state index contributed by atoms with van der Waals surface area (Å²) in [4.78, 5) is 18.5. The van der Waals surface area contributed by atoms with Crippen LogP contribution in [0.3, 0.4) is 0 Å². The van der Waals surface area contributed by atoms with Gasteiger partial charge in [-0.1, -0.05) is 0 Å². The van der Waals surface area contributed by atoms with E-state index < -0.39 is 23.9 Å². The van der Waals surface area contributed by atoms with Crippen molar-refractivity contribution in [2.75, 3.05) is 10.6 Å². The molecule has 9 nitrogen and oxygen atoms in total. The van der Waals surface area contributed by atoms with Gasteiger partial charge in [-0.3, -0.25) is 4.98 Å². The quantitative estimate of drug-likeness (QED) is 0.355. The number of thiazole rings is 1. The normalized spacial score (nSPS) is 26.4. The number of fused-ring (bicyclic) bond motifs is 1. The number of nitrogens with one attached hydrogen (secondary N) is 2. The lowest BCUT2D eigenvalue weighted by molar-refractivity contribution is -0.0663. The molecule has 32 heavy (non-hydrogen) atoms. The van der Waals surface area contributed by atoms with Gasteiger partial charge in [0.2, 0.25) is 5.95 Å². The van der Waals surface area contributed by atoms with E-state index >= 15 is 0 Å². The molecule has 0 bridgehead atoms. The zero-order valence-electron chi connectivity index (χ0n) is 18.3. The molecule has 2 aliphatic rings. The lowest BCUT2D eigenvalue weighted by Crippen LogP contribution is -2.49. The molecule has 0 radical (unpaired) electrons. The van der Waals surface area contributed by atoms with Gasteiger partial charge in [0.1, 0.15) is 22.4 Å². The van der Waals surface area contributed by atoms with Crippen molar-refractivity contribution < 1.29 is 15.3 Å². The highest BCUT2D eigenvalue weighted by Gasteiger charge is 2.49. The molecule has 2 aliphatic carbocycles. The van der Waals surface area contributed by atoms with Crippen molar-refractivity contribution in [1.29, 1.82) is 0 Å². The highest BCUT2D eigenvalue weighted by molar-refractivity contribution is 7.21. The molecule has 5 rings (SSSR count). The Bertz CT molecular complexity index is 1160. The van der Waals surface area contributed by atoms with E-state index in [1.165, 1.54) is 11.3 Å². The molecule has 0 spiro atoms. The van der Waals surface area contributed by atoms with E-state index in [0.29, 0.717) is 36.2 Å². The third-order valence-corrected chi connectivity index (χ3v) is 7.45. The molecule has 2 saturated carbocycles. The van der Waals surface area contributed by atoms with Gasteiger partial charge in [-0.05, 0) is 52.5 Å². The lowest BCUT2D eigenvalue weighted by atomic mass is 9.98. The Morgan fingerprint density at radius 3 is 2.59 bits per heavy atom. The smallest absolute Gasteiger partial charge is 0.225 e. The third-order valence-electron chi connectivity index (χ3n) is 6.41. The van der Waals surface area contributed by atoms with E-state index in [-0.39, 0.29) is 0 Å². The Labute approximate surface area is 190 Å². The first-order valence-electron chi connectivity index (χ1n) is 11.0. The summed E-state index contributed by atoms with van der Waals surface area (Å²) in [6.45, 7) is 5.45. The molecule has 3 heterocycles. The summed E-state index contributed by atoms with van der Waals surface area (Å²) in [7, 11) is 0. The van der Waals surface area contributed by atoms with Crippen LogP contribution < -0.4 is 10.6 Å². The standard InChI is InChI=1S/C22H28N6O3S/c1-10-16(20-26-17-11(2)23-9-7-15(17)32-20)19(27-21(24-10)25-13-4-5-13)28-22(31)8-6-14(12(3)29)18(22)30/h7,9,12-14,18,29-31H,4-6,8H2,1-3H3,(H2,24,25,27,28). The van der Waals surface area contributed by atoms with Crippen molar-refractivity contribution in [2.24, 2.45) is 5.92 Å². The van der Waals surface area contributed by atoms with Crippen molar-refractivity contribution in [3.63, 3.8) is 0 Å². The average Bonchev–Trinajstić information content (AvgIpc) is 3.34. The second kappa shape index (κ2) is 7.87. The van der Waals surface area contributed by atoms with E-state index in [1.54, 1.807) is 13.1 Å². The van der Waals surface area contributed by atoms with Crippen LogP contribution >= 0.6 is 11.3 Å². The topological polar surface area (TPSA) is 136 Å². The van der Waals surface area contributed by atoms with Crippen LogP contribution in [0.5, 0.6) is 0 Å². The number of aliphatic hydroxyl groups is 3. The number of pyridine rings is 1. The van der Waals surface area contributed by atoms with Crippen LogP contribution in [0.25, 0.3) is 20.8 Å². The number of aryl methyl sites for hydroxylation is 2. The second-order valence-electron chi connectivity index (χ2n) is 8.97. The number of rotatable bonds is 6. The molecule has 4 unspecified atom stereocenters. The van der Waals surface area contributed by atoms with Crippen LogP contribution in [0.4, 0.5) is 11.8 Å². The summed E-state index contributed by atoms with van der Waals surface area (Å²) < 4.78 is 1.01. The van der Waals surface area contributed by atoms with Gasteiger partial charge in [-0.15, -0.1) is 11.3 Å². The van der Waals surface area contributed by atoms with Gasteiger partial charge in [-0.25, -0.2) is 9.97 Å². The zero-order valence-corrected chi connectivity index (χ0v) is 19.1. The van der Waals surface area contributed by atoms with Crippen LogP contribution in [0.1, 0.15) is 44.0 Å². The minimum Gasteiger partial charge on any atom is -0.393 e. The minimum absolute atomic E-state index is 0.292. The van der Waals surface area contributed by atoms with Gasteiger partial charge in [0, 0.05) is 18.2 Å². The van der Waals surface area contributed by atoms with Crippen LogP contribution in [0.2, 0.25) is 0 Å². The van der Waals surface area contributed by atoms with Crippen molar-refractivity contribution in [2.45, 2.75) is 70.4 Å². The van der Waals surface area contributed by atoms with E-state index in [2.05, 4.69) is 25.6 Å². The Hall–Kier alpha value is -2.40. The van der Waals surface area contributed by atoms with Crippen molar-refractivity contribution >= 4 is 33.3 Å². The Kier molecular flexibility index (Phi) is 5.28. The zero-order chi connectivity index (χ0) is 22.6. The molecule has 3 aromatic rings. The number of anilines is 2. The fourth-order valence-electron chi connectivity index (χ4n) is 4.38. The molecule has 170 valence electrons. The fraction of sp³-hybridized carbons (Fsp3) is 0.545. The highest BCUT2D eigenvalue weighted by Crippen LogP contribution is 2.42. The minimum atomic E-state index is -1.61. The second-order valence-corrected chi connectivity index (χ2v) is 10.0. The summed E-state index contributed by atoms with van der Waals surface area (Å²) in [6.07, 6.45) is 2.86. The summed E-state index contributed by atoms with van der Waals surface area (Å²) in [5.41, 5.74) is 1.47. The Balaban J connectivity index is 1.59. The molecule has 3 aromatic heterocycles. The van der Waals surface area contributed by atoms with Crippen molar-refractivity contribution in [3.8, 4) is 10.6 Å². The number of hydrogen-bond acceptors (Lipinski definition) is 10. The van der Waals surface area contributed by atoms with Gasteiger partial charge >= 0.3 is 0 Å². The maximum atomic E-state index is 11.3. The number of aliphatic hydroxyl groups excluding tert-OH is 2. The van der Waals surface area contributed by atoms with E-state index in [4.69, 9.17) is 4.98 Å². The lowest BCUT2D eigenvalue weighted by Gasteiger charge is -2.32. The first-order valence-corrected chi connectivity index (χ1v) is 11.8. The van der Waals surface area contributed by atoms with Crippen molar-refractivity contribution in [3.05, 3.63) is 23.7 Å². The van der Waals surface area contributed by atoms with Gasteiger partial charge in [-0.2, -0.15) is 4.98 Å². The van der Waals surface area contributed by atoms with Crippen LogP contribution in [-0.2, 0) is 0 Å². The van der Waals surface area contributed by atoms with Crippen LogP contribution in [-0.4, -0.2) is 59.2 Å². The van der Waals surface area contributed by atoms with E-state index in [0.717, 1.165) is 39.5 Å². The molecule has 4 atom stereocenters. The largest absolute Gasteiger partial charge is 0.393 e. The van der Waals surface area contributed by atoms with Crippen LogP contribution in [0, 0.1) is 19.8 Å². The van der Waals surface area contributed by atoms with Gasteiger partial charge in [0.05, 0.1) is 27.8 Å². The van der Waals surface area contributed by atoms with E-state index in [9.17, 15) is 15.3 Å². The first kappa shape index (κ1) is 21.4. The molecule has 5 N–H and O–H groups in total. The number of aromatic nitrogens is 4. The average molecular weight is 457 g/mol. The number of nitrogens with zero attached hydrogens (tertiary/aromatic N) is 4. The molecule has 10 heteroatoms.